The maximum atomic E-state index is 12.0. The molecule has 0 bridgehead atoms. The van der Waals surface area contributed by atoms with Crippen LogP contribution in [0, 0.1) is 11.3 Å². The Labute approximate surface area is 151 Å². The second kappa shape index (κ2) is 8.68. The molecule has 2 heterocycles. The Balaban J connectivity index is 2.16. The average molecular weight is 382 g/mol. The molecule has 0 spiro atoms. The van der Waals surface area contributed by atoms with Crippen molar-refractivity contribution in [3.8, 4) is 6.07 Å². The Bertz CT molecular complexity index is 778. The Morgan fingerprint density at radius 1 is 1.54 bits per heavy atom. The Morgan fingerprint density at radius 3 is 3.00 bits per heavy atom. The van der Waals surface area contributed by atoms with Crippen molar-refractivity contribution in [2.75, 3.05) is 24.2 Å². The number of nitrogens with two attached hydrogens (primary N) is 1. The van der Waals surface area contributed by atoms with Gasteiger partial charge >= 0.3 is 5.97 Å². The Hall–Kier alpha value is -2.09. The number of thioether (sulfide) groups is 1. The molecule has 2 rings (SSSR count). The zero-order valence-corrected chi connectivity index (χ0v) is 15.3. The van der Waals surface area contributed by atoms with Gasteiger partial charge in [0.25, 0.3) is 0 Å². The lowest BCUT2D eigenvalue weighted by atomic mass is 10.2. The molecular formula is C14H15N5O2S3. The molecule has 0 unspecified atom stereocenters. The van der Waals surface area contributed by atoms with Gasteiger partial charge in [0.15, 0.2) is 4.34 Å². The van der Waals surface area contributed by atoms with Gasteiger partial charge in [-0.05, 0) is 6.92 Å². The highest BCUT2D eigenvalue weighted by molar-refractivity contribution is 8.00. The highest BCUT2D eigenvalue weighted by Gasteiger charge is 2.23. The number of hydrogen-bond acceptors (Lipinski definition) is 10. The normalized spacial score (nSPS) is 10.2. The Kier molecular flexibility index (Phi) is 6.60. The van der Waals surface area contributed by atoms with Gasteiger partial charge in [0.1, 0.15) is 15.9 Å². The lowest BCUT2D eigenvalue weighted by Gasteiger charge is -2.03. The van der Waals surface area contributed by atoms with Crippen LogP contribution in [-0.2, 0) is 10.5 Å². The van der Waals surface area contributed by atoms with Crippen LogP contribution >= 0.6 is 34.4 Å². The number of nitrogen functional groups attached to an aromatic ring is 1. The number of carbonyl (C=O) groups excluding carboxylic acids is 1. The molecule has 3 N–H and O–H groups in total. The minimum absolute atomic E-state index is 0.264. The van der Waals surface area contributed by atoms with E-state index in [4.69, 9.17) is 10.5 Å². The second-order valence-electron chi connectivity index (χ2n) is 4.31. The van der Waals surface area contributed by atoms with Gasteiger partial charge in [-0.1, -0.05) is 29.2 Å². The van der Waals surface area contributed by atoms with E-state index in [1.165, 1.54) is 23.1 Å². The maximum absolute atomic E-state index is 12.0. The topological polar surface area (TPSA) is 114 Å². The van der Waals surface area contributed by atoms with Crippen molar-refractivity contribution >= 4 is 50.5 Å². The number of esters is 1. The summed E-state index contributed by atoms with van der Waals surface area (Å²) < 4.78 is 5.76. The summed E-state index contributed by atoms with van der Waals surface area (Å²) in [7, 11) is 0. The number of thiophene rings is 1. The van der Waals surface area contributed by atoms with Crippen molar-refractivity contribution in [3.05, 3.63) is 28.7 Å². The summed E-state index contributed by atoms with van der Waals surface area (Å²) in [5.74, 6) is -0.0715. The SMILES string of the molecule is C=CCNc1nnc(SCc2c(C(=O)OCC)sc(N)c2C#N)s1. The average Bonchev–Trinajstić information content (AvgIpc) is 3.15. The van der Waals surface area contributed by atoms with Crippen LogP contribution in [0.2, 0.25) is 0 Å². The molecule has 2 aromatic rings. The van der Waals surface area contributed by atoms with Crippen molar-refractivity contribution in [1.82, 2.24) is 10.2 Å². The van der Waals surface area contributed by atoms with Gasteiger partial charge < -0.3 is 15.8 Å². The van der Waals surface area contributed by atoms with Gasteiger partial charge in [-0.15, -0.1) is 28.1 Å². The van der Waals surface area contributed by atoms with Crippen molar-refractivity contribution in [2.45, 2.75) is 17.0 Å². The first-order chi connectivity index (χ1) is 11.6. The molecule has 24 heavy (non-hydrogen) atoms. The van der Waals surface area contributed by atoms with Crippen LogP contribution in [0.4, 0.5) is 10.1 Å². The largest absolute Gasteiger partial charge is 0.462 e. The summed E-state index contributed by atoms with van der Waals surface area (Å²) in [6, 6.07) is 2.06. The number of hydrogen-bond donors (Lipinski definition) is 2. The third-order valence-corrected chi connectivity index (χ3v) is 5.83. The van der Waals surface area contributed by atoms with Crippen LogP contribution in [0.25, 0.3) is 0 Å². The van der Waals surface area contributed by atoms with E-state index < -0.39 is 5.97 Å². The van der Waals surface area contributed by atoms with Crippen molar-refractivity contribution in [1.29, 1.82) is 5.26 Å². The fourth-order valence-electron chi connectivity index (χ4n) is 1.74. The lowest BCUT2D eigenvalue weighted by Crippen LogP contribution is -2.05. The van der Waals surface area contributed by atoms with Crippen molar-refractivity contribution < 1.29 is 9.53 Å². The molecule has 0 fully saturated rings. The van der Waals surface area contributed by atoms with Crippen LogP contribution in [0.15, 0.2) is 17.0 Å². The number of rotatable bonds is 8. The predicted molar refractivity (Wildman–Crippen MR) is 97.6 cm³/mol. The molecule has 7 nitrogen and oxygen atoms in total. The number of carbonyl (C=O) groups is 1. The van der Waals surface area contributed by atoms with Gasteiger partial charge in [0.2, 0.25) is 5.13 Å². The molecule has 0 aliphatic rings. The number of anilines is 2. The minimum atomic E-state index is -0.461. The number of aromatic nitrogens is 2. The monoisotopic (exact) mass is 381 g/mol. The van der Waals surface area contributed by atoms with Gasteiger partial charge in [0.05, 0.1) is 12.2 Å². The van der Waals surface area contributed by atoms with Crippen LogP contribution in [0.3, 0.4) is 0 Å². The number of nitrogens with zero attached hydrogens (tertiary/aromatic N) is 3. The smallest absolute Gasteiger partial charge is 0.348 e. The molecule has 0 saturated heterocycles. The fraction of sp³-hybridized carbons (Fsp3) is 0.286. The van der Waals surface area contributed by atoms with Crippen LogP contribution < -0.4 is 11.1 Å². The molecule has 2 aromatic heterocycles. The molecule has 0 atom stereocenters. The predicted octanol–water partition coefficient (Wildman–Crippen LogP) is 3.12. The van der Waals surface area contributed by atoms with E-state index >= 15 is 0 Å². The highest BCUT2D eigenvalue weighted by Crippen LogP contribution is 2.36. The van der Waals surface area contributed by atoms with Gasteiger partial charge in [0, 0.05) is 17.9 Å². The van der Waals surface area contributed by atoms with E-state index in [0.29, 0.717) is 38.4 Å². The zero-order valence-electron chi connectivity index (χ0n) is 12.9. The summed E-state index contributed by atoms with van der Waals surface area (Å²) in [4.78, 5) is 12.4. The first-order valence-corrected chi connectivity index (χ1v) is 9.52. The summed E-state index contributed by atoms with van der Waals surface area (Å²) in [5, 5.41) is 21.4. The summed E-state index contributed by atoms with van der Waals surface area (Å²) >= 11 is 3.86. The van der Waals surface area contributed by atoms with E-state index in [9.17, 15) is 10.1 Å². The zero-order chi connectivity index (χ0) is 17.5. The molecule has 0 aromatic carbocycles. The number of nitrogens with one attached hydrogen (secondary N) is 1. The van der Waals surface area contributed by atoms with E-state index in [2.05, 4.69) is 28.2 Å². The van der Waals surface area contributed by atoms with Crippen LogP contribution in [0.5, 0.6) is 0 Å². The molecule has 10 heteroatoms. The fourth-order valence-corrected chi connectivity index (χ4v) is 4.55. The summed E-state index contributed by atoms with van der Waals surface area (Å²) in [6.07, 6.45) is 1.73. The molecule has 0 saturated carbocycles. The molecule has 0 aliphatic carbocycles. The quantitative estimate of drug-likeness (QED) is 0.407. The first kappa shape index (κ1) is 18.3. The van der Waals surface area contributed by atoms with E-state index in [0.717, 1.165) is 15.7 Å². The maximum Gasteiger partial charge on any atom is 0.348 e. The van der Waals surface area contributed by atoms with Crippen molar-refractivity contribution in [3.63, 3.8) is 0 Å². The molecule has 126 valence electrons. The molecule has 0 amide bonds. The summed E-state index contributed by atoms with van der Waals surface area (Å²) in [5.41, 5.74) is 6.76. The van der Waals surface area contributed by atoms with E-state index in [-0.39, 0.29) is 6.61 Å². The van der Waals surface area contributed by atoms with Crippen LogP contribution in [-0.4, -0.2) is 29.3 Å². The van der Waals surface area contributed by atoms with Gasteiger partial charge in [-0.25, -0.2) is 4.79 Å². The van der Waals surface area contributed by atoms with E-state index in [1.807, 2.05) is 0 Å². The Morgan fingerprint density at radius 2 is 2.33 bits per heavy atom. The molecular weight excluding hydrogens is 366 g/mol. The molecule has 0 aliphatic heterocycles. The summed E-state index contributed by atoms with van der Waals surface area (Å²) in [6.45, 7) is 6.22. The minimum Gasteiger partial charge on any atom is -0.462 e. The highest BCUT2D eigenvalue weighted by atomic mass is 32.2. The van der Waals surface area contributed by atoms with E-state index in [1.54, 1.807) is 13.0 Å². The van der Waals surface area contributed by atoms with Gasteiger partial charge in [-0.2, -0.15) is 5.26 Å². The third-order valence-electron chi connectivity index (χ3n) is 2.75. The second-order valence-corrected chi connectivity index (χ2v) is 7.56. The van der Waals surface area contributed by atoms with Gasteiger partial charge in [-0.3, -0.25) is 0 Å². The first-order valence-electron chi connectivity index (χ1n) is 6.90. The number of nitriles is 1. The number of ether oxygens (including phenoxy) is 1. The lowest BCUT2D eigenvalue weighted by molar-refractivity contribution is 0.0531. The standard InChI is InChI=1S/C14H15N5O2S3/c1-3-5-17-13-18-19-14(24-13)22-7-9-8(6-15)11(16)23-10(9)12(20)21-4-2/h3H,1,4-5,7,16H2,2H3,(H,17,18). The van der Waals surface area contributed by atoms with Crippen molar-refractivity contribution in [2.24, 2.45) is 0 Å². The third kappa shape index (κ3) is 4.25. The molecule has 0 radical (unpaired) electrons. The van der Waals surface area contributed by atoms with Crippen LogP contribution in [0.1, 0.15) is 27.7 Å².